The number of benzene rings is 1. The van der Waals surface area contributed by atoms with Gasteiger partial charge in [0, 0.05) is 37.7 Å². The van der Waals surface area contributed by atoms with Gasteiger partial charge in [0.15, 0.2) is 9.84 Å². The van der Waals surface area contributed by atoms with Crippen molar-refractivity contribution in [1.29, 1.82) is 0 Å². The van der Waals surface area contributed by atoms with Gasteiger partial charge >= 0.3 is 0 Å². The van der Waals surface area contributed by atoms with Crippen LogP contribution in [0.25, 0.3) is 22.3 Å². The van der Waals surface area contributed by atoms with E-state index in [1.807, 2.05) is 6.07 Å². The Balaban J connectivity index is 1.34. The number of nitrogens with one attached hydrogen (secondary N) is 1. The summed E-state index contributed by atoms with van der Waals surface area (Å²) in [5.74, 6) is -3.11. The van der Waals surface area contributed by atoms with E-state index in [0.717, 1.165) is 12.3 Å². The van der Waals surface area contributed by atoms with Gasteiger partial charge in [0.05, 0.1) is 66.2 Å². The smallest absolute Gasteiger partial charge is 0.262 e. The summed E-state index contributed by atoms with van der Waals surface area (Å²) in [5, 5.41) is 3.55. The average Bonchev–Trinajstić information content (AvgIpc) is 3.14. The van der Waals surface area contributed by atoms with E-state index in [-0.39, 0.29) is 49.1 Å². The zero-order valence-electron chi connectivity index (χ0n) is 23.7. The van der Waals surface area contributed by atoms with Crippen LogP contribution in [0, 0.1) is 0 Å². The number of aromatic nitrogens is 3. The van der Waals surface area contributed by atoms with Crippen LogP contribution in [0.5, 0.6) is 0 Å². The number of ether oxygens (including phenoxy) is 2. The molecule has 0 fully saturated rings. The van der Waals surface area contributed by atoms with E-state index in [9.17, 15) is 22.0 Å². The van der Waals surface area contributed by atoms with Crippen LogP contribution in [0.3, 0.4) is 0 Å². The van der Waals surface area contributed by atoms with Crippen molar-refractivity contribution in [1.82, 2.24) is 20.3 Å². The lowest BCUT2D eigenvalue weighted by Crippen LogP contribution is -2.37. The number of hydrogen-bond acceptors (Lipinski definition) is 9. The van der Waals surface area contributed by atoms with Crippen molar-refractivity contribution in [2.45, 2.75) is 30.9 Å². The Bertz CT molecular complexity index is 1750. The van der Waals surface area contributed by atoms with Gasteiger partial charge in [-0.05, 0) is 48.0 Å². The molecule has 0 bridgehead atoms. The highest BCUT2D eigenvalue weighted by atomic mass is 32.2. The number of methoxy groups -OCH3 is 1. The van der Waals surface area contributed by atoms with Crippen LogP contribution in [0.15, 0.2) is 65.7 Å². The molecule has 1 N–H and O–H groups in total. The zero-order chi connectivity index (χ0) is 30.6. The monoisotopic (exact) mass is 611 g/mol. The van der Waals surface area contributed by atoms with Crippen LogP contribution in [0.1, 0.15) is 28.5 Å². The first-order valence-corrected chi connectivity index (χ1v) is 15.2. The minimum Gasteiger partial charge on any atom is -0.383 e. The summed E-state index contributed by atoms with van der Waals surface area (Å²) in [6.07, 6.45) is 1.64. The summed E-state index contributed by atoms with van der Waals surface area (Å²) in [6.45, 7) is 1.24. The molecule has 1 aliphatic rings. The molecule has 4 aromatic rings. The third kappa shape index (κ3) is 7.48. The van der Waals surface area contributed by atoms with Gasteiger partial charge in [-0.2, -0.15) is 0 Å². The number of amides is 1. The number of carbonyl (C=O) groups excluding carboxylic acids is 1. The molecule has 0 unspecified atom stereocenters. The number of hydrogen-bond donors (Lipinski definition) is 1. The van der Waals surface area contributed by atoms with Crippen molar-refractivity contribution in [3.05, 3.63) is 77.6 Å². The number of pyridine rings is 3. The normalized spacial score (nSPS) is 14.6. The Morgan fingerprint density at radius 3 is 2.72 bits per heavy atom. The Morgan fingerprint density at radius 2 is 1.93 bits per heavy atom. The lowest BCUT2D eigenvalue weighted by molar-refractivity contribution is 0.0287. The van der Waals surface area contributed by atoms with Gasteiger partial charge in [0.1, 0.15) is 5.82 Å². The molecule has 0 aliphatic carbocycles. The molecule has 1 amide bonds. The standard InChI is InChI=1S/C30H31F2N5O5S/c1-30(31,32)19-37(10-11-41-2)28-5-3-4-24(36-28)25-9-8-21-16-33-23(15-26(21)35-25)17-34-29(38)20-6-7-22-18-42-12-13-43(39,40)27(22)14-20/h3-9,14-16H,10-13,17-19H2,1-2H3,(H,34,38). The average molecular weight is 612 g/mol. The highest BCUT2D eigenvalue weighted by molar-refractivity contribution is 7.91. The molecule has 0 saturated heterocycles. The fourth-order valence-corrected chi connectivity index (χ4v) is 6.08. The van der Waals surface area contributed by atoms with E-state index in [2.05, 4.69) is 15.3 Å². The van der Waals surface area contributed by atoms with Gasteiger partial charge < -0.3 is 19.7 Å². The molecule has 13 heteroatoms. The van der Waals surface area contributed by atoms with Crippen LogP contribution >= 0.6 is 0 Å². The maximum absolute atomic E-state index is 13.9. The third-order valence-electron chi connectivity index (χ3n) is 6.83. The van der Waals surface area contributed by atoms with Crippen molar-refractivity contribution in [3.8, 4) is 11.4 Å². The Kier molecular flexibility index (Phi) is 8.95. The minimum atomic E-state index is -3.55. The third-order valence-corrected chi connectivity index (χ3v) is 8.59. The maximum Gasteiger partial charge on any atom is 0.262 e. The van der Waals surface area contributed by atoms with Gasteiger partial charge in [0.2, 0.25) is 0 Å². The summed E-state index contributed by atoms with van der Waals surface area (Å²) in [5.41, 5.74) is 2.95. The van der Waals surface area contributed by atoms with Crippen molar-refractivity contribution in [2.75, 3.05) is 44.1 Å². The molecule has 4 heterocycles. The van der Waals surface area contributed by atoms with Crippen LogP contribution in [0.4, 0.5) is 14.6 Å². The van der Waals surface area contributed by atoms with Crippen molar-refractivity contribution in [2.24, 2.45) is 0 Å². The van der Waals surface area contributed by atoms with Gasteiger partial charge in [-0.1, -0.05) is 12.1 Å². The lowest BCUT2D eigenvalue weighted by Gasteiger charge is -2.26. The minimum absolute atomic E-state index is 0.0844. The molecule has 1 aromatic carbocycles. The highest BCUT2D eigenvalue weighted by Gasteiger charge is 2.26. The highest BCUT2D eigenvalue weighted by Crippen LogP contribution is 2.25. The quantitative estimate of drug-likeness (QED) is 0.283. The van der Waals surface area contributed by atoms with Gasteiger partial charge in [-0.25, -0.2) is 27.2 Å². The molecule has 226 valence electrons. The van der Waals surface area contributed by atoms with Crippen LogP contribution < -0.4 is 10.2 Å². The van der Waals surface area contributed by atoms with E-state index in [0.29, 0.717) is 34.0 Å². The topological polar surface area (TPSA) is 124 Å². The van der Waals surface area contributed by atoms with E-state index >= 15 is 0 Å². The second kappa shape index (κ2) is 12.7. The molecule has 3 aromatic heterocycles. The molecule has 0 spiro atoms. The summed E-state index contributed by atoms with van der Waals surface area (Å²) in [4.78, 5) is 28.2. The number of nitrogens with zero attached hydrogens (tertiary/aromatic N) is 4. The molecule has 10 nitrogen and oxygen atoms in total. The van der Waals surface area contributed by atoms with E-state index in [4.69, 9.17) is 14.5 Å². The predicted molar refractivity (Wildman–Crippen MR) is 157 cm³/mol. The lowest BCUT2D eigenvalue weighted by atomic mass is 10.1. The molecule has 5 rings (SSSR count). The predicted octanol–water partition coefficient (Wildman–Crippen LogP) is 4.03. The Hall–Kier alpha value is -4.07. The summed E-state index contributed by atoms with van der Waals surface area (Å²) >= 11 is 0. The first-order chi connectivity index (χ1) is 20.5. The fourth-order valence-electron chi connectivity index (χ4n) is 4.69. The number of carbonyl (C=O) groups is 1. The summed E-state index contributed by atoms with van der Waals surface area (Å²) < 4.78 is 63.3. The van der Waals surface area contributed by atoms with Crippen molar-refractivity contribution in [3.63, 3.8) is 0 Å². The maximum atomic E-state index is 13.9. The first-order valence-electron chi connectivity index (χ1n) is 13.6. The molecule has 0 saturated carbocycles. The summed E-state index contributed by atoms with van der Waals surface area (Å²) in [6, 6.07) is 15.1. The van der Waals surface area contributed by atoms with Gasteiger partial charge in [-0.3, -0.25) is 9.78 Å². The van der Waals surface area contributed by atoms with E-state index in [1.54, 1.807) is 48.7 Å². The number of alkyl halides is 2. The van der Waals surface area contributed by atoms with Gasteiger partial charge in [0.25, 0.3) is 11.8 Å². The number of rotatable bonds is 10. The zero-order valence-corrected chi connectivity index (χ0v) is 24.5. The van der Waals surface area contributed by atoms with Crippen LogP contribution in [-0.2, 0) is 32.5 Å². The first kappa shape index (κ1) is 30.4. The largest absolute Gasteiger partial charge is 0.383 e. The molecule has 0 radical (unpaired) electrons. The molecular weight excluding hydrogens is 580 g/mol. The molecule has 43 heavy (non-hydrogen) atoms. The van der Waals surface area contributed by atoms with Gasteiger partial charge in [-0.15, -0.1) is 0 Å². The molecule has 1 aliphatic heterocycles. The Morgan fingerprint density at radius 1 is 1.12 bits per heavy atom. The summed E-state index contributed by atoms with van der Waals surface area (Å²) in [7, 11) is -2.03. The second-order valence-electron chi connectivity index (χ2n) is 10.3. The SMILES string of the molecule is COCCN(CC(C)(F)F)c1cccc(-c2ccc3cnc(CNC(=O)c4ccc5c(c4)S(=O)(=O)CCOC5)cc3n2)n1. The fraction of sp³-hybridized carbons (Fsp3) is 0.333. The van der Waals surface area contributed by atoms with Crippen molar-refractivity contribution < 1.29 is 31.5 Å². The second-order valence-corrected chi connectivity index (χ2v) is 12.4. The number of fused-ring (bicyclic) bond motifs is 2. The van der Waals surface area contributed by atoms with Crippen LogP contribution in [0.2, 0.25) is 0 Å². The number of sulfone groups is 1. The molecule has 0 atom stereocenters. The van der Waals surface area contributed by atoms with E-state index < -0.39 is 28.2 Å². The van der Waals surface area contributed by atoms with E-state index in [1.165, 1.54) is 18.1 Å². The number of halogens is 2. The Labute approximate surface area is 248 Å². The number of anilines is 1. The van der Waals surface area contributed by atoms with Crippen molar-refractivity contribution >= 4 is 32.5 Å². The molecular formula is C30H31F2N5O5S. The van der Waals surface area contributed by atoms with Crippen LogP contribution in [-0.4, -0.2) is 74.4 Å².